The summed E-state index contributed by atoms with van der Waals surface area (Å²) in [6.07, 6.45) is 5.86. The molecular weight excluding hydrogens is 226 g/mol. The van der Waals surface area contributed by atoms with Crippen molar-refractivity contribution < 1.29 is 9.84 Å². The van der Waals surface area contributed by atoms with E-state index in [0.717, 1.165) is 37.9 Å². The van der Waals surface area contributed by atoms with Crippen LogP contribution in [0, 0.1) is 0 Å². The van der Waals surface area contributed by atoms with E-state index in [2.05, 4.69) is 12.1 Å². The predicted octanol–water partition coefficient (Wildman–Crippen LogP) is 2.31. The predicted molar refractivity (Wildman–Crippen MR) is 70.6 cm³/mol. The summed E-state index contributed by atoms with van der Waals surface area (Å²) in [6.45, 7) is 0. The first kappa shape index (κ1) is 12.0. The topological polar surface area (TPSA) is 55.5 Å². The molecule has 3 rings (SSSR count). The van der Waals surface area contributed by atoms with Crippen molar-refractivity contribution in [3.8, 4) is 5.75 Å². The number of aryl methyl sites for hydroxylation is 1. The second-order valence-electron chi connectivity index (χ2n) is 5.51. The number of aliphatic hydroxyl groups is 1. The minimum atomic E-state index is -0.310. The summed E-state index contributed by atoms with van der Waals surface area (Å²) in [6, 6.07) is 6.36. The van der Waals surface area contributed by atoms with E-state index in [0.29, 0.717) is 0 Å². The first-order chi connectivity index (χ1) is 8.74. The second kappa shape index (κ2) is 4.90. The first-order valence-corrected chi connectivity index (χ1v) is 6.97. The third-order valence-electron chi connectivity index (χ3n) is 4.18. The smallest absolute Gasteiger partial charge is 0.124 e. The third kappa shape index (κ3) is 2.25. The van der Waals surface area contributed by atoms with Crippen LogP contribution in [0.5, 0.6) is 5.75 Å². The van der Waals surface area contributed by atoms with E-state index in [1.807, 2.05) is 6.07 Å². The van der Waals surface area contributed by atoms with Gasteiger partial charge in [0, 0.05) is 6.04 Å². The van der Waals surface area contributed by atoms with Crippen molar-refractivity contribution >= 4 is 0 Å². The molecule has 1 aromatic carbocycles. The van der Waals surface area contributed by atoms with E-state index in [-0.39, 0.29) is 18.2 Å². The molecule has 18 heavy (non-hydrogen) atoms. The molecule has 1 aromatic rings. The lowest BCUT2D eigenvalue weighted by molar-refractivity contribution is 0.0603. The van der Waals surface area contributed by atoms with E-state index in [4.69, 9.17) is 10.5 Å². The number of ether oxygens (including phenoxy) is 1. The Hall–Kier alpha value is -1.06. The van der Waals surface area contributed by atoms with E-state index < -0.39 is 0 Å². The standard InChI is InChI=1S/C15H21NO2/c16-13-4-1-3-10-7-8-11(9-12(10)13)18-15-6-2-5-14(15)17/h7-9,13-15,17H,1-6,16H2/t13-,14?,15?/m1/s1. The van der Waals surface area contributed by atoms with Crippen molar-refractivity contribution in [1.29, 1.82) is 0 Å². The molecule has 2 aliphatic carbocycles. The van der Waals surface area contributed by atoms with Gasteiger partial charge in [0.15, 0.2) is 0 Å². The summed E-state index contributed by atoms with van der Waals surface area (Å²) in [5.41, 5.74) is 8.73. The molecule has 0 radical (unpaired) electrons. The molecule has 98 valence electrons. The van der Waals surface area contributed by atoms with E-state index in [1.54, 1.807) is 0 Å². The van der Waals surface area contributed by atoms with E-state index >= 15 is 0 Å². The lowest BCUT2D eigenvalue weighted by atomic mass is 9.88. The molecule has 0 bridgehead atoms. The van der Waals surface area contributed by atoms with Crippen LogP contribution < -0.4 is 10.5 Å². The minimum absolute atomic E-state index is 0.0390. The highest BCUT2D eigenvalue weighted by molar-refractivity contribution is 5.39. The molecule has 3 atom stereocenters. The van der Waals surface area contributed by atoms with E-state index in [9.17, 15) is 5.11 Å². The van der Waals surface area contributed by atoms with Crippen LogP contribution in [0.2, 0.25) is 0 Å². The number of benzene rings is 1. The number of rotatable bonds is 2. The van der Waals surface area contributed by atoms with Gasteiger partial charge in [-0.15, -0.1) is 0 Å². The Morgan fingerprint density at radius 1 is 1.17 bits per heavy atom. The van der Waals surface area contributed by atoms with E-state index in [1.165, 1.54) is 17.5 Å². The molecule has 2 aliphatic rings. The van der Waals surface area contributed by atoms with Crippen LogP contribution in [0.4, 0.5) is 0 Å². The highest BCUT2D eigenvalue weighted by Crippen LogP contribution is 2.32. The Bertz CT molecular complexity index is 433. The van der Waals surface area contributed by atoms with Crippen LogP contribution in [0.15, 0.2) is 18.2 Å². The van der Waals surface area contributed by atoms with Gasteiger partial charge in [0.05, 0.1) is 6.10 Å². The highest BCUT2D eigenvalue weighted by atomic mass is 16.5. The van der Waals surface area contributed by atoms with Gasteiger partial charge in [-0.25, -0.2) is 0 Å². The number of aliphatic hydroxyl groups excluding tert-OH is 1. The largest absolute Gasteiger partial charge is 0.488 e. The normalized spacial score (nSPS) is 31.1. The van der Waals surface area contributed by atoms with Gasteiger partial charge in [-0.3, -0.25) is 0 Å². The molecule has 1 saturated carbocycles. The van der Waals surface area contributed by atoms with Crippen LogP contribution in [0.25, 0.3) is 0 Å². The van der Waals surface area contributed by atoms with Gasteiger partial charge in [0.2, 0.25) is 0 Å². The van der Waals surface area contributed by atoms with Crippen molar-refractivity contribution in [2.24, 2.45) is 5.73 Å². The highest BCUT2D eigenvalue weighted by Gasteiger charge is 2.27. The molecule has 0 aromatic heterocycles. The fraction of sp³-hybridized carbons (Fsp3) is 0.600. The zero-order valence-corrected chi connectivity index (χ0v) is 10.6. The molecule has 3 heteroatoms. The molecule has 0 saturated heterocycles. The molecule has 0 amide bonds. The maximum atomic E-state index is 9.79. The summed E-state index contributed by atoms with van der Waals surface area (Å²) in [5.74, 6) is 0.858. The van der Waals surface area contributed by atoms with Gasteiger partial charge in [-0.05, 0) is 61.8 Å². The van der Waals surface area contributed by atoms with Crippen molar-refractivity contribution in [2.75, 3.05) is 0 Å². The SMILES string of the molecule is N[C@@H]1CCCc2ccc(OC3CCCC3O)cc21. The van der Waals surface area contributed by atoms with Crippen molar-refractivity contribution in [3.63, 3.8) is 0 Å². The molecule has 2 unspecified atom stereocenters. The third-order valence-corrected chi connectivity index (χ3v) is 4.18. The van der Waals surface area contributed by atoms with Crippen LogP contribution in [0.3, 0.4) is 0 Å². The average molecular weight is 247 g/mol. The van der Waals surface area contributed by atoms with Crippen molar-refractivity contribution in [3.05, 3.63) is 29.3 Å². The lowest BCUT2D eigenvalue weighted by Gasteiger charge is -2.24. The second-order valence-corrected chi connectivity index (χ2v) is 5.51. The van der Waals surface area contributed by atoms with Gasteiger partial charge in [-0.1, -0.05) is 6.07 Å². The van der Waals surface area contributed by atoms with Crippen LogP contribution in [-0.2, 0) is 6.42 Å². The molecule has 0 heterocycles. The molecule has 1 fully saturated rings. The monoisotopic (exact) mass is 247 g/mol. The summed E-state index contributed by atoms with van der Waals surface area (Å²) >= 11 is 0. The van der Waals surface area contributed by atoms with Crippen LogP contribution in [-0.4, -0.2) is 17.3 Å². The maximum Gasteiger partial charge on any atom is 0.124 e. The Balaban J connectivity index is 1.79. The number of hydrogen-bond donors (Lipinski definition) is 2. The minimum Gasteiger partial charge on any atom is -0.488 e. The molecular formula is C15H21NO2. The van der Waals surface area contributed by atoms with Crippen LogP contribution >= 0.6 is 0 Å². The Morgan fingerprint density at radius 3 is 2.83 bits per heavy atom. The number of nitrogens with two attached hydrogens (primary N) is 1. The van der Waals surface area contributed by atoms with Crippen molar-refractivity contribution in [2.45, 2.75) is 56.8 Å². The summed E-state index contributed by atoms with van der Waals surface area (Å²) in [4.78, 5) is 0. The fourth-order valence-electron chi connectivity index (χ4n) is 3.11. The quantitative estimate of drug-likeness (QED) is 0.843. The molecule has 3 nitrogen and oxygen atoms in total. The Labute approximate surface area is 108 Å². The van der Waals surface area contributed by atoms with Gasteiger partial charge in [0.1, 0.15) is 11.9 Å². The Kier molecular flexibility index (Phi) is 3.27. The number of hydrogen-bond acceptors (Lipinski definition) is 3. The molecule has 0 spiro atoms. The van der Waals surface area contributed by atoms with Gasteiger partial charge in [0.25, 0.3) is 0 Å². The summed E-state index contributed by atoms with van der Waals surface area (Å²) in [5, 5.41) is 9.79. The Morgan fingerprint density at radius 2 is 2.06 bits per heavy atom. The fourth-order valence-corrected chi connectivity index (χ4v) is 3.11. The van der Waals surface area contributed by atoms with Gasteiger partial charge in [-0.2, -0.15) is 0 Å². The van der Waals surface area contributed by atoms with Crippen LogP contribution in [0.1, 0.15) is 49.3 Å². The maximum absolute atomic E-state index is 9.79. The van der Waals surface area contributed by atoms with Gasteiger partial charge < -0.3 is 15.6 Å². The zero-order valence-electron chi connectivity index (χ0n) is 10.6. The van der Waals surface area contributed by atoms with Gasteiger partial charge >= 0.3 is 0 Å². The summed E-state index contributed by atoms with van der Waals surface area (Å²) in [7, 11) is 0. The van der Waals surface area contributed by atoms with Crippen molar-refractivity contribution in [1.82, 2.24) is 0 Å². The molecule has 0 aliphatic heterocycles. The first-order valence-electron chi connectivity index (χ1n) is 6.97. The lowest BCUT2D eigenvalue weighted by Crippen LogP contribution is -2.26. The zero-order chi connectivity index (χ0) is 12.5. The average Bonchev–Trinajstić information content (AvgIpc) is 2.76. The summed E-state index contributed by atoms with van der Waals surface area (Å²) < 4.78 is 5.90. The number of fused-ring (bicyclic) bond motifs is 1. The molecule has 3 N–H and O–H groups in total.